The van der Waals surface area contributed by atoms with Gasteiger partial charge in [-0.05, 0) is 38.7 Å². The Morgan fingerprint density at radius 2 is 1.84 bits per heavy atom. The first-order valence-corrected chi connectivity index (χ1v) is 8.62. The molecular formula is C18H26N4O3. The fourth-order valence-electron chi connectivity index (χ4n) is 3.07. The van der Waals surface area contributed by atoms with Crippen molar-refractivity contribution in [2.75, 3.05) is 6.54 Å². The van der Waals surface area contributed by atoms with Crippen LogP contribution in [0.4, 0.5) is 4.79 Å². The van der Waals surface area contributed by atoms with Crippen LogP contribution in [0, 0.1) is 0 Å². The highest BCUT2D eigenvalue weighted by Gasteiger charge is 2.28. The van der Waals surface area contributed by atoms with E-state index in [9.17, 15) is 14.4 Å². The zero-order valence-corrected chi connectivity index (χ0v) is 14.7. The highest BCUT2D eigenvalue weighted by molar-refractivity contribution is 5.90. The molecule has 1 aliphatic rings. The van der Waals surface area contributed by atoms with E-state index in [0.29, 0.717) is 12.1 Å². The largest absolute Gasteiger partial charge is 0.368 e. The van der Waals surface area contributed by atoms with Crippen molar-refractivity contribution in [3.8, 4) is 0 Å². The highest BCUT2D eigenvalue weighted by atomic mass is 16.2. The lowest BCUT2D eigenvalue weighted by atomic mass is 10.0. The minimum atomic E-state index is -0.947. The molecule has 1 aliphatic heterocycles. The monoisotopic (exact) mass is 346 g/mol. The van der Waals surface area contributed by atoms with E-state index in [4.69, 9.17) is 5.73 Å². The lowest BCUT2D eigenvalue weighted by Gasteiger charge is -2.35. The predicted molar refractivity (Wildman–Crippen MR) is 94.5 cm³/mol. The molecule has 0 aliphatic carbocycles. The first-order chi connectivity index (χ1) is 11.9. The molecule has 0 spiro atoms. The fraction of sp³-hybridized carbons (Fsp3) is 0.500. The molecule has 0 aromatic heterocycles. The van der Waals surface area contributed by atoms with Crippen molar-refractivity contribution in [3.63, 3.8) is 0 Å². The molecule has 3 atom stereocenters. The van der Waals surface area contributed by atoms with Crippen LogP contribution in [0.1, 0.15) is 44.7 Å². The van der Waals surface area contributed by atoms with Gasteiger partial charge in [-0.3, -0.25) is 9.59 Å². The maximum Gasteiger partial charge on any atom is 0.316 e. The van der Waals surface area contributed by atoms with E-state index < -0.39 is 24.0 Å². The molecule has 7 heteroatoms. The molecule has 1 saturated heterocycles. The number of benzene rings is 1. The number of hydrogen-bond donors (Lipinski definition) is 3. The van der Waals surface area contributed by atoms with E-state index in [1.165, 1.54) is 0 Å². The number of nitrogens with two attached hydrogens (primary N) is 1. The van der Waals surface area contributed by atoms with Crippen molar-refractivity contribution in [2.45, 2.75) is 51.2 Å². The zero-order chi connectivity index (χ0) is 18.4. The van der Waals surface area contributed by atoms with E-state index in [2.05, 4.69) is 10.6 Å². The van der Waals surface area contributed by atoms with Gasteiger partial charge in [0.05, 0.1) is 0 Å². The second-order valence-corrected chi connectivity index (χ2v) is 6.46. The van der Waals surface area contributed by atoms with Gasteiger partial charge in [0.1, 0.15) is 12.1 Å². The molecule has 4 amide bonds. The van der Waals surface area contributed by atoms with Crippen LogP contribution in [0.15, 0.2) is 30.3 Å². The highest BCUT2D eigenvalue weighted by Crippen LogP contribution is 2.17. The Kier molecular flexibility index (Phi) is 6.38. The minimum absolute atomic E-state index is 0.113. The molecule has 0 bridgehead atoms. The van der Waals surface area contributed by atoms with E-state index in [0.717, 1.165) is 19.3 Å². The van der Waals surface area contributed by atoms with Crippen molar-refractivity contribution in [2.24, 2.45) is 5.73 Å². The van der Waals surface area contributed by atoms with Gasteiger partial charge in [0.15, 0.2) is 0 Å². The third-order valence-corrected chi connectivity index (χ3v) is 4.50. The van der Waals surface area contributed by atoms with Crippen molar-refractivity contribution in [1.82, 2.24) is 15.5 Å². The fourth-order valence-corrected chi connectivity index (χ4v) is 3.07. The van der Waals surface area contributed by atoms with Crippen LogP contribution in [0.5, 0.6) is 0 Å². The zero-order valence-electron chi connectivity index (χ0n) is 14.7. The summed E-state index contributed by atoms with van der Waals surface area (Å²) in [5, 5.41) is 5.14. The number of carbonyl (C=O) groups is 3. The maximum absolute atomic E-state index is 12.5. The summed E-state index contributed by atoms with van der Waals surface area (Å²) >= 11 is 0. The second kappa shape index (κ2) is 8.50. The molecule has 25 heavy (non-hydrogen) atoms. The topological polar surface area (TPSA) is 105 Å². The summed E-state index contributed by atoms with van der Waals surface area (Å²) in [5.74, 6) is -0.775. The number of rotatable bonds is 5. The molecule has 1 fully saturated rings. The van der Waals surface area contributed by atoms with Crippen molar-refractivity contribution < 1.29 is 14.4 Å². The van der Waals surface area contributed by atoms with Gasteiger partial charge in [-0.15, -0.1) is 0 Å². The molecule has 4 N–H and O–H groups in total. The van der Waals surface area contributed by atoms with Gasteiger partial charge >= 0.3 is 6.03 Å². The number of carbonyl (C=O) groups excluding carboxylic acids is 3. The summed E-state index contributed by atoms with van der Waals surface area (Å²) < 4.78 is 0. The number of hydrogen-bond acceptors (Lipinski definition) is 3. The summed E-state index contributed by atoms with van der Waals surface area (Å²) in [6.07, 6.45) is 3.07. The lowest BCUT2D eigenvalue weighted by molar-refractivity contribution is -0.136. The van der Waals surface area contributed by atoms with Gasteiger partial charge in [-0.2, -0.15) is 0 Å². The quantitative estimate of drug-likeness (QED) is 0.748. The van der Waals surface area contributed by atoms with Gasteiger partial charge in [0.2, 0.25) is 11.8 Å². The maximum atomic E-state index is 12.5. The summed E-state index contributed by atoms with van der Waals surface area (Å²) in [6, 6.07) is 6.70. The summed E-state index contributed by atoms with van der Waals surface area (Å²) in [5.41, 5.74) is 5.98. The van der Waals surface area contributed by atoms with Crippen LogP contribution < -0.4 is 16.4 Å². The SMILES string of the molecule is C[C@H](NC(=O)N[C@@H](C(N)=O)c1ccccc1)C(=O)N1CCCC[C@@H]1C. The average molecular weight is 346 g/mol. The van der Waals surface area contributed by atoms with E-state index in [1.54, 1.807) is 36.1 Å². The molecule has 1 aromatic carbocycles. The van der Waals surface area contributed by atoms with Crippen LogP contribution in [0.25, 0.3) is 0 Å². The molecule has 0 unspecified atom stereocenters. The number of piperidine rings is 1. The van der Waals surface area contributed by atoms with Crippen LogP contribution in [0.3, 0.4) is 0 Å². The lowest BCUT2D eigenvalue weighted by Crippen LogP contribution is -2.54. The van der Waals surface area contributed by atoms with Crippen LogP contribution in [-0.4, -0.2) is 41.4 Å². The second-order valence-electron chi connectivity index (χ2n) is 6.46. The molecular weight excluding hydrogens is 320 g/mol. The van der Waals surface area contributed by atoms with Crippen LogP contribution >= 0.6 is 0 Å². The van der Waals surface area contributed by atoms with Crippen molar-refractivity contribution in [1.29, 1.82) is 0 Å². The summed E-state index contributed by atoms with van der Waals surface area (Å²) in [4.78, 5) is 38.2. The minimum Gasteiger partial charge on any atom is -0.368 e. The average Bonchev–Trinajstić information content (AvgIpc) is 2.60. The third kappa shape index (κ3) is 4.95. The van der Waals surface area contributed by atoms with Crippen LogP contribution in [0.2, 0.25) is 0 Å². The number of urea groups is 1. The van der Waals surface area contributed by atoms with Gasteiger partial charge in [-0.1, -0.05) is 30.3 Å². The Morgan fingerprint density at radius 1 is 1.16 bits per heavy atom. The normalized spacial score (nSPS) is 19.6. The van der Waals surface area contributed by atoms with Gasteiger partial charge < -0.3 is 21.3 Å². The van der Waals surface area contributed by atoms with E-state index in [1.807, 2.05) is 13.0 Å². The molecule has 0 radical (unpaired) electrons. The number of likely N-dealkylation sites (tertiary alicyclic amines) is 1. The van der Waals surface area contributed by atoms with Gasteiger partial charge in [0.25, 0.3) is 0 Å². The molecule has 0 saturated carbocycles. The van der Waals surface area contributed by atoms with Crippen molar-refractivity contribution in [3.05, 3.63) is 35.9 Å². The van der Waals surface area contributed by atoms with Crippen LogP contribution in [-0.2, 0) is 9.59 Å². The van der Waals surface area contributed by atoms with E-state index in [-0.39, 0.29) is 11.9 Å². The predicted octanol–water partition coefficient (Wildman–Crippen LogP) is 1.30. The molecule has 7 nitrogen and oxygen atoms in total. The smallest absolute Gasteiger partial charge is 0.316 e. The number of nitrogens with zero attached hydrogens (tertiary/aromatic N) is 1. The Morgan fingerprint density at radius 3 is 2.44 bits per heavy atom. The third-order valence-electron chi connectivity index (χ3n) is 4.50. The standard InChI is InChI=1S/C18H26N4O3/c1-12-8-6-7-11-22(12)17(24)13(2)20-18(25)21-15(16(19)23)14-9-4-3-5-10-14/h3-5,9-10,12-13,15H,6-8,11H2,1-2H3,(H2,19,23)(H2,20,21,25)/t12-,13-,15+/m0/s1. The molecule has 2 rings (SSSR count). The summed E-state index contributed by atoms with van der Waals surface area (Å²) in [6.45, 7) is 4.37. The van der Waals surface area contributed by atoms with E-state index >= 15 is 0 Å². The summed E-state index contributed by atoms with van der Waals surface area (Å²) in [7, 11) is 0. The number of nitrogens with one attached hydrogen (secondary N) is 2. The number of primary amides is 1. The van der Waals surface area contributed by atoms with Crippen molar-refractivity contribution >= 4 is 17.8 Å². The Labute approximate surface area is 147 Å². The van der Waals surface area contributed by atoms with Gasteiger partial charge in [-0.25, -0.2) is 4.79 Å². The first-order valence-electron chi connectivity index (χ1n) is 8.62. The molecule has 136 valence electrons. The molecule has 1 heterocycles. The van der Waals surface area contributed by atoms with Gasteiger partial charge in [0, 0.05) is 12.6 Å². The molecule has 1 aromatic rings. The first kappa shape index (κ1) is 18.8. The Hall–Kier alpha value is -2.57. The Balaban J connectivity index is 1.95. The number of amides is 4. The Bertz CT molecular complexity index is 620.